The summed E-state index contributed by atoms with van der Waals surface area (Å²) in [6, 6.07) is 8.49. The first-order chi connectivity index (χ1) is 6.20. The Morgan fingerprint density at radius 1 is 1.31 bits per heavy atom. The van der Waals surface area contributed by atoms with Crippen molar-refractivity contribution in [3.8, 4) is 0 Å². The van der Waals surface area contributed by atoms with Crippen LogP contribution in [0.4, 0.5) is 0 Å². The Balaban J connectivity index is 2.41. The summed E-state index contributed by atoms with van der Waals surface area (Å²) < 4.78 is 8.05. The van der Waals surface area contributed by atoms with Crippen LogP contribution in [0, 0.1) is 0 Å². The van der Waals surface area contributed by atoms with E-state index in [2.05, 4.69) is 50.0 Å². The first-order valence-electron chi connectivity index (χ1n) is 4.43. The number of hydrogen-bond donors (Lipinski definition) is 0. The number of nitrogens with zero attached hydrogens (tertiary/aromatic N) is 1. The van der Waals surface area contributed by atoms with Gasteiger partial charge < -0.3 is 4.52 Å². The van der Waals surface area contributed by atoms with Gasteiger partial charge in [0.25, 0.3) is 0 Å². The molecule has 1 aromatic rings. The van der Waals surface area contributed by atoms with Gasteiger partial charge in [0.1, 0.15) is 8.30 Å². The Labute approximate surface area is 80.4 Å². The number of rotatable bonds is 1. The predicted molar refractivity (Wildman–Crippen MR) is 56.2 cm³/mol. The Bertz CT molecular complexity index is 314. The molecule has 0 aromatic heterocycles. The van der Waals surface area contributed by atoms with E-state index < -0.39 is 8.30 Å². The summed E-state index contributed by atoms with van der Waals surface area (Å²) >= 11 is 0. The molecular formula is C10H14NOP. The molecule has 2 unspecified atom stereocenters. The number of benzene rings is 1. The van der Waals surface area contributed by atoms with Gasteiger partial charge in [-0.3, -0.25) is 4.67 Å². The molecule has 0 fully saturated rings. The fourth-order valence-electron chi connectivity index (χ4n) is 1.58. The summed E-state index contributed by atoms with van der Waals surface area (Å²) in [5.74, 6) is 0. The van der Waals surface area contributed by atoms with Crippen molar-refractivity contribution in [1.82, 2.24) is 4.67 Å². The maximum Gasteiger partial charge on any atom is 0.138 e. The molecule has 0 N–H and O–H groups in total. The quantitative estimate of drug-likeness (QED) is 0.637. The largest absolute Gasteiger partial charge is 0.332 e. The van der Waals surface area contributed by atoms with Crippen molar-refractivity contribution in [3.05, 3.63) is 29.8 Å². The average Bonchev–Trinajstić information content (AvgIpc) is 2.45. The van der Waals surface area contributed by atoms with E-state index in [1.807, 2.05) is 0 Å². The number of hydrogen-bond acceptors (Lipinski definition) is 2. The maximum atomic E-state index is 5.88. The molecule has 0 aliphatic carbocycles. The molecule has 2 atom stereocenters. The van der Waals surface area contributed by atoms with E-state index in [1.54, 1.807) is 0 Å². The molecule has 1 heterocycles. The van der Waals surface area contributed by atoms with Gasteiger partial charge in [-0.1, -0.05) is 24.3 Å². The fourth-order valence-corrected chi connectivity index (χ4v) is 3.42. The van der Waals surface area contributed by atoms with Gasteiger partial charge in [0.2, 0.25) is 0 Å². The van der Waals surface area contributed by atoms with Crippen LogP contribution in [0.5, 0.6) is 0 Å². The zero-order chi connectivity index (χ0) is 9.42. The van der Waals surface area contributed by atoms with Crippen LogP contribution in [0.2, 0.25) is 0 Å². The average molecular weight is 195 g/mol. The van der Waals surface area contributed by atoms with Crippen molar-refractivity contribution < 1.29 is 4.52 Å². The molecule has 0 radical (unpaired) electrons. The molecule has 0 amide bonds. The molecule has 2 nitrogen and oxygen atoms in total. The van der Waals surface area contributed by atoms with Crippen LogP contribution in [-0.2, 0) is 4.52 Å². The van der Waals surface area contributed by atoms with Gasteiger partial charge >= 0.3 is 0 Å². The Hall–Kier alpha value is -0.430. The molecule has 13 heavy (non-hydrogen) atoms. The lowest BCUT2D eigenvalue weighted by atomic mass is 10.1. The van der Waals surface area contributed by atoms with Gasteiger partial charge in [0, 0.05) is 5.30 Å². The van der Waals surface area contributed by atoms with Gasteiger partial charge in [-0.05, 0) is 26.6 Å². The Morgan fingerprint density at radius 2 is 2.00 bits per heavy atom. The van der Waals surface area contributed by atoms with Crippen molar-refractivity contribution in [3.63, 3.8) is 0 Å². The summed E-state index contributed by atoms with van der Waals surface area (Å²) in [6.45, 7) is 2.12. The lowest BCUT2D eigenvalue weighted by Gasteiger charge is -2.18. The molecule has 2 rings (SSSR count). The van der Waals surface area contributed by atoms with Crippen LogP contribution in [0.3, 0.4) is 0 Å². The van der Waals surface area contributed by atoms with E-state index in [1.165, 1.54) is 10.9 Å². The van der Waals surface area contributed by atoms with Crippen LogP contribution in [-0.4, -0.2) is 18.8 Å². The Morgan fingerprint density at radius 3 is 2.69 bits per heavy atom. The molecule has 70 valence electrons. The fraction of sp³-hybridized carbons (Fsp3) is 0.400. The summed E-state index contributed by atoms with van der Waals surface area (Å²) in [5, 5.41) is 1.37. The topological polar surface area (TPSA) is 12.5 Å². The van der Waals surface area contributed by atoms with E-state index in [4.69, 9.17) is 4.52 Å². The second-order valence-electron chi connectivity index (χ2n) is 3.43. The van der Waals surface area contributed by atoms with Crippen LogP contribution >= 0.6 is 8.30 Å². The second-order valence-corrected chi connectivity index (χ2v) is 5.47. The second kappa shape index (κ2) is 3.38. The SMILES string of the molecule is CC1OP(N(C)C)c2ccccc21. The maximum absolute atomic E-state index is 5.88. The lowest BCUT2D eigenvalue weighted by Crippen LogP contribution is -2.12. The highest BCUT2D eigenvalue weighted by Gasteiger charge is 2.30. The van der Waals surface area contributed by atoms with Gasteiger partial charge in [-0.15, -0.1) is 0 Å². The molecule has 0 bridgehead atoms. The molecule has 1 aliphatic rings. The molecule has 1 aromatic carbocycles. The molecule has 1 aliphatic heterocycles. The standard InChI is InChI=1S/C10H14NOP/c1-8-9-6-4-5-7-10(9)13(12-8)11(2)3/h4-8H,1-3H3. The van der Waals surface area contributed by atoms with Gasteiger partial charge in [-0.2, -0.15) is 0 Å². The van der Waals surface area contributed by atoms with Crippen molar-refractivity contribution in [1.29, 1.82) is 0 Å². The lowest BCUT2D eigenvalue weighted by molar-refractivity contribution is 0.256. The smallest absolute Gasteiger partial charge is 0.138 e. The van der Waals surface area contributed by atoms with Crippen LogP contribution < -0.4 is 5.30 Å². The van der Waals surface area contributed by atoms with Crippen LogP contribution in [0.15, 0.2) is 24.3 Å². The number of fused-ring (bicyclic) bond motifs is 1. The predicted octanol–water partition coefficient (Wildman–Crippen LogP) is 2.28. The van der Waals surface area contributed by atoms with E-state index in [0.717, 1.165) is 0 Å². The van der Waals surface area contributed by atoms with Crippen molar-refractivity contribution in [2.45, 2.75) is 13.0 Å². The Kier molecular flexibility index (Phi) is 2.37. The summed E-state index contributed by atoms with van der Waals surface area (Å²) in [7, 11) is 3.61. The van der Waals surface area contributed by atoms with Crippen molar-refractivity contribution in [2.75, 3.05) is 14.1 Å². The van der Waals surface area contributed by atoms with E-state index >= 15 is 0 Å². The third-order valence-corrected chi connectivity index (χ3v) is 4.26. The zero-order valence-electron chi connectivity index (χ0n) is 8.19. The molecule has 3 heteroatoms. The highest BCUT2D eigenvalue weighted by molar-refractivity contribution is 7.59. The highest BCUT2D eigenvalue weighted by atomic mass is 31.2. The van der Waals surface area contributed by atoms with Crippen molar-refractivity contribution in [2.24, 2.45) is 0 Å². The summed E-state index contributed by atoms with van der Waals surface area (Å²) in [4.78, 5) is 0. The zero-order valence-corrected chi connectivity index (χ0v) is 9.08. The minimum atomic E-state index is -0.526. The van der Waals surface area contributed by atoms with Crippen LogP contribution in [0.25, 0.3) is 0 Å². The molecule has 0 saturated heterocycles. The van der Waals surface area contributed by atoms with Gasteiger partial charge in [-0.25, -0.2) is 0 Å². The normalized spacial score (nSPS) is 26.5. The monoisotopic (exact) mass is 195 g/mol. The van der Waals surface area contributed by atoms with E-state index in [9.17, 15) is 0 Å². The highest BCUT2D eigenvalue weighted by Crippen LogP contribution is 2.49. The van der Waals surface area contributed by atoms with Crippen LogP contribution in [0.1, 0.15) is 18.6 Å². The third-order valence-electron chi connectivity index (χ3n) is 2.20. The summed E-state index contributed by atoms with van der Waals surface area (Å²) in [5.41, 5.74) is 1.35. The van der Waals surface area contributed by atoms with Gasteiger partial charge in [0.15, 0.2) is 0 Å². The first kappa shape index (κ1) is 9.14. The van der Waals surface area contributed by atoms with Gasteiger partial charge in [0.05, 0.1) is 6.10 Å². The molecular weight excluding hydrogens is 181 g/mol. The minimum Gasteiger partial charge on any atom is -0.332 e. The van der Waals surface area contributed by atoms with E-state index in [-0.39, 0.29) is 6.10 Å². The first-order valence-corrected chi connectivity index (χ1v) is 5.64. The van der Waals surface area contributed by atoms with Crippen molar-refractivity contribution >= 4 is 13.6 Å². The third kappa shape index (κ3) is 1.50. The molecule has 0 saturated carbocycles. The molecule has 0 spiro atoms. The minimum absolute atomic E-state index is 0.254. The van der Waals surface area contributed by atoms with E-state index in [0.29, 0.717) is 0 Å². The summed E-state index contributed by atoms with van der Waals surface area (Å²) in [6.07, 6.45) is 0.254.